The molecule has 4 aromatic rings. The highest BCUT2D eigenvalue weighted by atomic mass is 28.4. The normalized spacial score (nSPS) is 11.8. The number of rotatable bonds is 48. The highest BCUT2D eigenvalue weighted by Gasteiger charge is 2.42. The second kappa shape index (κ2) is 44.8. The largest absolute Gasteiger partial charge is 0.500 e. The molecule has 0 radical (unpaired) electrons. The Hall–Kier alpha value is -5.91. The third-order valence-electron chi connectivity index (χ3n) is 14.4. The molecule has 0 aromatic heterocycles. The van der Waals surface area contributed by atoms with Gasteiger partial charge in [-0.05, 0) is 183 Å². The van der Waals surface area contributed by atoms with Crippen molar-refractivity contribution < 1.29 is 72.9 Å². The zero-order chi connectivity index (χ0) is 68.5. The van der Waals surface area contributed by atoms with Gasteiger partial charge in [0.15, 0.2) is 0 Å². The van der Waals surface area contributed by atoms with Crippen LogP contribution in [0.4, 0.5) is 41.9 Å². The highest BCUT2D eigenvalue weighted by molar-refractivity contribution is 6.73. The van der Waals surface area contributed by atoms with Crippen LogP contribution in [0.3, 0.4) is 0 Å². The molecule has 524 valence electrons. The number of carbonyl (C=O) groups is 4. The molecule has 4 aromatic carbocycles. The average molecular weight is 1380 g/mol. The first kappa shape index (κ1) is 80.5. The van der Waals surface area contributed by atoms with Crippen molar-refractivity contribution in [3.63, 3.8) is 0 Å². The summed E-state index contributed by atoms with van der Waals surface area (Å²) in [5.74, 6) is 0. The zero-order valence-electron chi connectivity index (χ0n) is 57.7. The summed E-state index contributed by atoms with van der Waals surface area (Å²) in [7, 11) is -7.69. The van der Waals surface area contributed by atoms with Crippen molar-refractivity contribution in [2.75, 3.05) is 140 Å². The van der Waals surface area contributed by atoms with E-state index in [4.69, 9.17) is 53.7 Å². The number of nitrogens with one attached hydrogen (secondary N) is 8. The number of urea groups is 4. The number of anilines is 4. The minimum absolute atomic E-state index is 0.360. The van der Waals surface area contributed by atoms with Crippen LogP contribution in [0.15, 0.2) is 97.1 Å². The monoisotopic (exact) mass is 1380 g/mol. The van der Waals surface area contributed by atoms with Gasteiger partial charge in [-0.15, -0.1) is 0 Å². The average Bonchev–Trinajstić information content (AvgIpc) is 0.786. The van der Waals surface area contributed by atoms with Gasteiger partial charge in [0.25, 0.3) is 0 Å². The summed E-state index contributed by atoms with van der Waals surface area (Å²) in [6.07, 6.45) is 3.44. The van der Waals surface area contributed by atoms with Crippen LogP contribution < -0.4 is 42.5 Å². The van der Waals surface area contributed by atoms with Crippen molar-refractivity contribution in [1.29, 1.82) is 0 Å². The molecule has 0 aliphatic heterocycles. The SMILES string of the molecule is CCO[Si](CCCNC(=O)Nc1ccc(C(=C(c2ccc(NC(=O)NCCC[Si](OCC)(OCC)OCC)cc2)c2ccc(NC(=O)NCCC[Si](OCC)(OCC)OCC)cc2)c2ccc(NC(=O)NCCC[Si](OCC)(OCC)OCC)cc2)cc1)(COC)COC. The molecule has 8 amide bonds. The van der Waals surface area contributed by atoms with Gasteiger partial charge in [-0.3, -0.25) is 0 Å². The van der Waals surface area contributed by atoms with E-state index in [1.54, 1.807) is 14.2 Å². The van der Waals surface area contributed by atoms with Crippen molar-refractivity contribution in [3.8, 4) is 0 Å². The molecule has 8 N–H and O–H groups in total. The summed E-state index contributed by atoms with van der Waals surface area (Å²) in [6, 6.07) is 31.1. The van der Waals surface area contributed by atoms with E-state index in [-0.39, 0.29) is 24.1 Å². The fourth-order valence-electron chi connectivity index (χ4n) is 10.8. The molecule has 24 nitrogen and oxygen atoms in total. The summed E-state index contributed by atoms with van der Waals surface area (Å²) in [5.41, 5.74) is 6.96. The first-order valence-corrected chi connectivity index (χ1v) is 41.6. The Morgan fingerprint density at radius 2 is 0.500 bits per heavy atom. The molecule has 0 atom stereocenters. The second-order valence-electron chi connectivity index (χ2n) is 21.4. The Morgan fingerprint density at radius 3 is 0.691 bits per heavy atom. The lowest BCUT2D eigenvalue weighted by atomic mass is 9.85. The van der Waals surface area contributed by atoms with Crippen LogP contribution in [0.2, 0.25) is 24.2 Å². The first-order chi connectivity index (χ1) is 45.5. The third-order valence-corrected chi connectivity index (χ3v) is 27.7. The van der Waals surface area contributed by atoms with Gasteiger partial charge in [-0.25, -0.2) is 19.2 Å². The molecule has 0 unspecified atom stereocenters. The smallest absolute Gasteiger partial charge is 0.412 e. The molecule has 4 rings (SSSR count). The Kier molecular flexibility index (Phi) is 38.3. The molecular weight excluding hydrogens is 1270 g/mol. The summed E-state index contributed by atoms with van der Waals surface area (Å²) >= 11 is 0. The van der Waals surface area contributed by atoms with Crippen LogP contribution in [0, 0.1) is 0 Å². The molecule has 0 saturated carbocycles. The maximum absolute atomic E-state index is 13.4. The quantitative estimate of drug-likeness (QED) is 0.0116. The fraction of sp³-hybridized carbons (Fsp3) is 0.545. The summed E-state index contributed by atoms with van der Waals surface area (Å²) in [4.78, 5) is 53.6. The van der Waals surface area contributed by atoms with Gasteiger partial charge in [0.05, 0.1) is 12.5 Å². The van der Waals surface area contributed by atoms with E-state index in [1.807, 2.05) is 166 Å². The van der Waals surface area contributed by atoms with E-state index in [9.17, 15) is 19.2 Å². The Labute approximate surface area is 562 Å². The molecular formula is C66H108N8O16Si4. The molecule has 0 saturated heterocycles. The van der Waals surface area contributed by atoms with Gasteiger partial charge < -0.3 is 96.3 Å². The van der Waals surface area contributed by atoms with Gasteiger partial charge in [0.2, 0.25) is 8.32 Å². The van der Waals surface area contributed by atoms with E-state index in [2.05, 4.69) is 42.5 Å². The van der Waals surface area contributed by atoms with Crippen LogP contribution >= 0.6 is 0 Å². The number of carbonyl (C=O) groups excluding carboxylic acids is 4. The van der Waals surface area contributed by atoms with Crippen LogP contribution in [-0.2, 0) is 53.7 Å². The van der Waals surface area contributed by atoms with Crippen molar-refractivity contribution in [2.24, 2.45) is 0 Å². The molecule has 0 spiro atoms. The van der Waals surface area contributed by atoms with Crippen LogP contribution in [0.1, 0.15) is 117 Å². The Morgan fingerprint density at radius 1 is 0.298 bits per heavy atom. The van der Waals surface area contributed by atoms with Crippen molar-refractivity contribution >= 4 is 92.8 Å². The van der Waals surface area contributed by atoms with E-state index >= 15 is 0 Å². The summed E-state index contributed by atoms with van der Waals surface area (Å²) in [6.45, 7) is 25.4. The number of ether oxygens (including phenoxy) is 2. The minimum Gasteiger partial charge on any atom is -0.412 e. The van der Waals surface area contributed by atoms with Crippen molar-refractivity contribution in [2.45, 2.75) is 119 Å². The van der Waals surface area contributed by atoms with Gasteiger partial charge in [-0.2, -0.15) is 0 Å². The topological polar surface area (TPSA) is 275 Å². The molecule has 0 aliphatic carbocycles. The lowest BCUT2D eigenvalue weighted by Gasteiger charge is -2.29. The standard InChI is InChI=1S/C66H108N8O16Si4/c1-13-81-91(51-79-11,52-80-12)47-23-43-67-63(75)71-57-35-27-53(28-36-57)61(54-29-37-58(38-30-54)72-64(76)68-44-24-48-92(82-14-2,83-15-3)84-16-4)62(55-31-39-59(40-32-55)73-65(77)69-45-25-49-93(85-17-5,86-18-6)87-19-7)56-33-41-60(42-34-56)74-66(78)70-46-26-50-94(88-20-8,89-21-9)90-22-10/h27-42H,13-26,43-52H2,1-12H3,(H2,67,71,75)(H2,68,72,76)(H2,69,73,77)(H2,70,74,78). The van der Waals surface area contributed by atoms with E-state index in [1.165, 1.54) is 0 Å². The Bertz CT molecular complexity index is 2390. The van der Waals surface area contributed by atoms with Gasteiger partial charge in [0.1, 0.15) is 0 Å². The number of benzene rings is 4. The predicted molar refractivity (Wildman–Crippen MR) is 380 cm³/mol. The van der Waals surface area contributed by atoms with E-state index in [0.29, 0.717) is 171 Å². The lowest BCUT2D eigenvalue weighted by Crippen LogP contribution is -2.49. The summed E-state index contributed by atoms with van der Waals surface area (Å²) < 4.78 is 71.4. The Balaban J connectivity index is 1.75. The van der Waals surface area contributed by atoms with Gasteiger partial charge >= 0.3 is 50.5 Å². The van der Waals surface area contributed by atoms with Crippen molar-refractivity contribution in [3.05, 3.63) is 119 Å². The molecule has 0 bridgehead atoms. The molecule has 28 heteroatoms. The highest BCUT2D eigenvalue weighted by Crippen LogP contribution is 2.39. The molecule has 94 heavy (non-hydrogen) atoms. The first-order valence-electron chi connectivity index (χ1n) is 33.3. The lowest BCUT2D eigenvalue weighted by molar-refractivity contribution is 0.0701. The van der Waals surface area contributed by atoms with Crippen molar-refractivity contribution in [1.82, 2.24) is 21.3 Å². The summed E-state index contributed by atoms with van der Waals surface area (Å²) in [5, 5.41) is 23.8. The number of methoxy groups -OCH3 is 2. The third kappa shape index (κ3) is 27.7. The fourth-order valence-corrected chi connectivity index (χ4v) is 21.8. The van der Waals surface area contributed by atoms with Gasteiger partial charge in [-0.1, -0.05) is 48.5 Å². The number of hydrogen-bond acceptors (Lipinski definition) is 16. The predicted octanol–water partition coefficient (Wildman–Crippen LogP) is 12.2. The van der Waals surface area contributed by atoms with E-state index < -0.39 is 34.7 Å². The zero-order valence-corrected chi connectivity index (χ0v) is 61.7. The van der Waals surface area contributed by atoms with Crippen LogP contribution in [0.25, 0.3) is 11.1 Å². The van der Waals surface area contributed by atoms with E-state index in [0.717, 1.165) is 39.4 Å². The molecule has 0 heterocycles. The maximum atomic E-state index is 13.4. The van der Waals surface area contributed by atoms with Crippen LogP contribution in [0.5, 0.6) is 0 Å². The molecule has 0 fully saturated rings. The number of amides is 8. The van der Waals surface area contributed by atoms with Gasteiger partial charge in [0, 0.05) is 147 Å². The number of hydrogen-bond donors (Lipinski definition) is 8. The maximum Gasteiger partial charge on any atom is 0.500 e. The van der Waals surface area contributed by atoms with Crippen LogP contribution in [-0.4, -0.2) is 178 Å². The minimum atomic E-state index is -2.89. The molecule has 0 aliphatic rings. The second-order valence-corrected chi connectivity index (χ2v) is 33.4.